The molecule has 1 aliphatic carbocycles. The van der Waals surface area contributed by atoms with Crippen LogP contribution in [0, 0.1) is 5.82 Å². The third kappa shape index (κ3) is 3.38. The molecule has 0 saturated heterocycles. The molecule has 0 unspecified atom stereocenters. The second-order valence-corrected chi connectivity index (χ2v) is 6.53. The van der Waals surface area contributed by atoms with Crippen LogP contribution in [-0.2, 0) is 11.3 Å². The van der Waals surface area contributed by atoms with E-state index in [0.29, 0.717) is 5.56 Å². The lowest BCUT2D eigenvalue weighted by Gasteiger charge is -2.35. The number of rotatable bonds is 3. The molecule has 2 rings (SSSR count). The van der Waals surface area contributed by atoms with Crippen molar-refractivity contribution in [2.45, 2.75) is 44.2 Å². The van der Waals surface area contributed by atoms with Gasteiger partial charge < -0.3 is 10.6 Å². The summed E-state index contributed by atoms with van der Waals surface area (Å²) in [6.07, 6.45) is 4.55. The van der Waals surface area contributed by atoms with Crippen LogP contribution in [0.15, 0.2) is 22.7 Å². The van der Waals surface area contributed by atoms with Gasteiger partial charge >= 0.3 is 0 Å². The highest BCUT2D eigenvalue weighted by molar-refractivity contribution is 9.10. The highest BCUT2D eigenvalue weighted by atomic mass is 79.9. The van der Waals surface area contributed by atoms with Gasteiger partial charge in [0.25, 0.3) is 0 Å². The molecule has 0 radical (unpaired) electrons. The molecule has 20 heavy (non-hydrogen) atoms. The zero-order valence-corrected chi connectivity index (χ0v) is 13.2. The minimum absolute atomic E-state index is 0.0865. The van der Waals surface area contributed by atoms with Crippen molar-refractivity contribution in [2.24, 2.45) is 5.73 Å². The van der Waals surface area contributed by atoms with Gasteiger partial charge in [0.15, 0.2) is 0 Å². The van der Waals surface area contributed by atoms with Gasteiger partial charge in [-0.1, -0.05) is 35.2 Å². The first kappa shape index (κ1) is 15.4. The lowest BCUT2D eigenvalue weighted by atomic mass is 9.81. The second kappa shape index (κ2) is 6.22. The summed E-state index contributed by atoms with van der Waals surface area (Å²) in [5.74, 6) is -0.390. The van der Waals surface area contributed by atoms with Crippen LogP contribution in [0.4, 0.5) is 4.39 Å². The Balaban J connectivity index is 2.09. The largest absolute Gasteiger partial charge is 0.340 e. The van der Waals surface area contributed by atoms with E-state index in [-0.39, 0.29) is 18.3 Å². The van der Waals surface area contributed by atoms with Gasteiger partial charge in [-0.3, -0.25) is 4.79 Å². The van der Waals surface area contributed by atoms with Crippen molar-refractivity contribution in [3.63, 3.8) is 0 Å². The first-order valence-corrected chi connectivity index (χ1v) is 7.70. The van der Waals surface area contributed by atoms with Crippen LogP contribution >= 0.6 is 15.9 Å². The molecule has 0 spiro atoms. The molecule has 5 heteroatoms. The minimum Gasteiger partial charge on any atom is -0.340 e. The van der Waals surface area contributed by atoms with Crippen molar-refractivity contribution in [2.75, 3.05) is 7.05 Å². The van der Waals surface area contributed by atoms with Crippen LogP contribution in [-0.4, -0.2) is 23.4 Å². The van der Waals surface area contributed by atoms with E-state index in [1.165, 1.54) is 11.0 Å². The molecule has 3 nitrogen and oxygen atoms in total. The van der Waals surface area contributed by atoms with Crippen molar-refractivity contribution in [3.05, 3.63) is 34.1 Å². The number of carbonyl (C=O) groups is 1. The molecule has 1 aromatic rings. The third-order valence-electron chi connectivity index (χ3n) is 3.93. The Kier molecular flexibility index (Phi) is 4.81. The summed E-state index contributed by atoms with van der Waals surface area (Å²) in [7, 11) is 1.69. The smallest absolute Gasteiger partial charge is 0.242 e. The Bertz CT molecular complexity index is 501. The SMILES string of the molecule is CN(Cc1cc(Br)ccc1F)C(=O)C1(N)CCCCC1. The number of hydrogen-bond acceptors (Lipinski definition) is 2. The summed E-state index contributed by atoms with van der Waals surface area (Å²) >= 11 is 3.32. The molecule has 1 aromatic carbocycles. The maximum absolute atomic E-state index is 13.7. The number of halogens is 2. The zero-order chi connectivity index (χ0) is 14.8. The van der Waals surface area contributed by atoms with E-state index in [4.69, 9.17) is 5.73 Å². The molecule has 0 bridgehead atoms. The van der Waals surface area contributed by atoms with Crippen molar-refractivity contribution >= 4 is 21.8 Å². The third-order valence-corrected chi connectivity index (χ3v) is 4.43. The van der Waals surface area contributed by atoms with Crippen LogP contribution in [0.2, 0.25) is 0 Å². The standard InChI is InChI=1S/C15H20BrFN2O/c1-19(10-11-9-12(16)5-6-13(11)17)14(20)15(18)7-3-2-4-8-15/h5-6,9H,2-4,7-8,10,18H2,1H3. The minimum atomic E-state index is -0.768. The van der Waals surface area contributed by atoms with Crippen molar-refractivity contribution in [1.29, 1.82) is 0 Å². The van der Waals surface area contributed by atoms with Gasteiger partial charge in [-0.15, -0.1) is 0 Å². The summed E-state index contributed by atoms with van der Waals surface area (Å²) < 4.78 is 14.5. The van der Waals surface area contributed by atoms with Crippen LogP contribution in [0.5, 0.6) is 0 Å². The Labute approximate surface area is 127 Å². The summed E-state index contributed by atoms with van der Waals surface area (Å²) in [5, 5.41) is 0. The highest BCUT2D eigenvalue weighted by Crippen LogP contribution is 2.28. The maximum Gasteiger partial charge on any atom is 0.242 e. The number of benzene rings is 1. The molecule has 0 heterocycles. The normalized spacial score (nSPS) is 17.8. The second-order valence-electron chi connectivity index (χ2n) is 5.61. The van der Waals surface area contributed by atoms with E-state index in [0.717, 1.165) is 36.6 Å². The lowest BCUT2D eigenvalue weighted by molar-refractivity contribution is -0.137. The number of nitrogens with zero attached hydrogens (tertiary/aromatic N) is 1. The average molecular weight is 343 g/mol. The van der Waals surface area contributed by atoms with Gasteiger partial charge in [0.1, 0.15) is 5.82 Å². The van der Waals surface area contributed by atoms with Gasteiger partial charge in [-0.2, -0.15) is 0 Å². The number of hydrogen-bond donors (Lipinski definition) is 1. The van der Waals surface area contributed by atoms with Crippen LogP contribution in [0.1, 0.15) is 37.7 Å². The van der Waals surface area contributed by atoms with Gasteiger partial charge in [0.2, 0.25) is 5.91 Å². The fraction of sp³-hybridized carbons (Fsp3) is 0.533. The molecule has 1 aliphatic rings. The molecule has 1 saturated carbocycles. The van der Waals surface area contributed by atoms with Crippen LogP contribution in [0.25, 0.3) is 0 Å². The number of likely N-dealkylation sites (N-methyl/N-ethyl adjacent to an activating group) is 1. The Morgan fingerprint density at radius 3 is 2.70 bits per heavy atom. The number of nitrogens with two attached hydrogens (primary N) is 1. The van der Waals surface area contributed by atoms with E-state index >= 15 is 0 Å². The predicted molar refractivity (Wildman–Crippen MR) is 80.6 cm³/mol. The topological polar surface area (TPSA) is 46.3 Å². The van der Waals surface area contributed by atoms with E-state index in [9.17, 15) is 9.18 Å². The van der Waals surface area contributed by atoms with Gasteiger partial charge in [0, 0.05) is 23.6 Å². The zero-order valence-electron chi connectivity index (χ0n) is 11.7. The molecular formula is C15H20BrFN2O. The lowest BCUT2D eigenvalue weighted by Crippen LogP contribution is -2.55. The highest BCUT2D eigenvalue weighted by Gasteiger charge is 2.37. The maximum atomic E-state index is 13.7. The summed E-state index contributed by atoms with van der Waals surface area (Å²) in [6, 6.07) is 4.74. The first-order valence-electron chi connectivity index (χ1n) is 6.91. The monoisotopic (exact) mass is 342 g/mol. The van der Waals surface area contributed by atoms with E-state index in [1.54, 1.807) is 19.2 Å². The van der Waals surface area contributed by atoms with Crippen molar-refractivity contribution < 1.29 is 9.18 Å². The molecular weight excluding hydrogens is 323 g/mol. The molecule has 2 N–H and O–H groups in total. The first-order chi connectivity index (χ1) is 9.42. The molecule has 0 atom stereocenters. The molecule has 1 amide bonds. The quantitative estimate of drug-likeness (QED) is 0.916. The van der Waals surface area contributed by atoms with Crippen LogP contribution in [0.3, 0.4) is 0 Å². The van der Waals surface area contributed by atoms with Crippen molar-refractivity contribution in [3.8, 4) is 0 Å². The fourth-order valence-corrected chi connectivity index (χ4v) is 3.18. The summed E-state index contributed by atoms with van der Waals surface area (Å²) in [4.78, 5) is 14.0. The van der Waals surface area contributed by atoms with Gasteiger partial charge in [0.05, 0.1) is 5.54 Å². The number of carbonyl (C=O) groups excluding carboxylic acids is 1. The van der Waals surface area contributed by atoms with E-state index in [1.807, 2.05) is 0 Å². The van der Waals surface area contributed by atoms with Crippen LogP contribution < -0.4 is 5.73 Å². The average Bonchev–Trinajstić information content (AvgIpc) is 2.43. The van der Waals surface area contributed by atoms with Gasteiger partial charge in [-0.05, 0) is 31.0 Å². The fourth-order valence-electron chi connectivity index (χ4n) is 2.77. The van der Waals surface area contributed by atoms with E-state index in [2.05, 4.69) is 15.9 Å². The molecule has 110 valence electrons. The Hall–Kier alpha value is -0.940. The van der Waals surface area contributed by atoms with Gasteiger partial charge in [-0.25, -0.2) is 4.39 Å². The molecule has 1 fully saturated rings. The summed E-state index contributed by atoms with van der Waals surface area (Å²) in [6.45, 7) is 0.239. The number of amides is 1. The molecule has 0 aliphatic heterocycles. The Morgan fingerprint density at radius 2 is 2.05 bits per heavy atom. The predicted octanol–water partition coefficient (Wildman–Crippen LogP) is 3.21. The Morgan fingerprint density at radius 1 is 1.40 bits per heavy atom. The summed E-state index contributed by atoms with van der Waals surface area (Å²) in [5.41, 5.74) is 5.96. The van der Waals surface area contributed by atoms with E-state index < -0.39 is 5.54 Å². The molecule has 0 aromatic heterocycles. The van der Waals surface area contributed by atoms with Crippen molar-refractivity contribution in [1.82, 2.24) is 4.90 Å².